The standard InChI is InChI=1S/C29H41F3N4O5Si/c1-28(2,3)41-27(38)34-11-9-22(10-12-34)40-23-8-7-20-17-35(18-21(20)15-23)24-16-33-36(19-39-13-14-42(4,5)6)26(37)25(24)29(30,31)32/h7-8,15-16,22H,9-14,17-19H2,1-6H3. The van der Waals surface area contributed by atoms with E-state index in [9.17, 15) is 22.8 Å². The molecule has 0 saturated carbocycles. The fourth-order valence-corrected chi connectivity index (χ4v) is 5.65. The van der Waals surface area contributed by atoms with Gasteiger partial charge in [-0.05, 0) is 50.1 Å². The van der Waals surface area contributed by atoms with Crippen LogP contribution in [0, 0.1) is 0 Å². The molecular formula is C29H41F3N4O5Si. The third-order valence-electron chi connectivity index (χ3n) is 7.15. The molecule has 3 heterocycles. The van der Waals surface area contributed by atoms with Gasteiger partial charge in [0.2, 0.25) is 0 Å². The number of piperidine rings is 1. The quantitative estimate of drug-likeness (QED) is 0.273. The maximum absolute atomic E-state index is 14.1. The van der Waals surface area contributed by atoms with Gasteiger partial charge in [-0.2, -0.15) is 18.3 Å². The van der Waals surface area contributed by atoms with E-state index in [0.29, 0.717) is 38.3 Å². The lowest BCUT2D eigenvalue weighted by Gasteiger charge is -2.33. The molecule has 0 spiro atoms. The zero-order chi connectivity index (χ0) is 30.9. The lowest BCUT2D eigenvalue weighted by Crippen LogP contribution is -2.44. The highest BCUT2D eigenvalue weighted by Crippen LogP contribution is 2.38. The van der Waals surface area contributed by atoms with Crippen LogP contribution in [0.4, 0.5) is 23.7 Å². The highest BCUT2D eigenvalue weighted by Gasteiger charge is 2.40. The van der Waals surface area contributed by atoms with Gasteiger partial charge in [0.25, 0.3) is 5.56 Å². The van der Waals surface area contributed by atoms with Gasteiger partial charge in [-0.15, -0.1) is 0 Å². The second kappa shape index (κ2) is 12.3. The predicted octanol–water partition coefficient (Wildman–Crippen LogP) is 5.87. The van der Waals surface area contributed by atoms with Crippen molar-refractivity contribution < 1.29 is 32.2 Å². The SMILES string of the molecule is CC(C)(C)OC(=O)N1CCC(Oc2ccc3c(c2)CN(c2cnn(COCC[Si](C)(C)C)c(=O)c2C(F)(F)F)C3)CC1. The Labute approximate surface area is 245 Å². The minimum absolute atomic E-state index is 0.0965. The lowest BCUT2D eigenvalue weighted by atomic mass is 10.1. The smallest absolute Gasteiger partial charge is 0.423 e. The molecule has 13 heteroatoms. The first-order valence-electron chi connectivity index (χ1n) is 14.3. The van der Waals surface area contributed by atoms with E-state index in [2.05, 4.69) is 24.7 Å². The Morgan fingerprint density at radius 2 is 1.74 bits per heavy atom. The van der Waals surface area contributed by atoms with Gasteiger partial charge in [0.05, 0.1) is 11.9 Å². The number of hydrogen-bond acceptors (Lipinski definition) is 7. The van der Waals surface area contributed by atoms with Gasteiger partial charge < -0.3 is 24.0 Å². The number of hydrogen-bond donors (Lipinski definition) is 0. The first kappa shape index (κ1) is 31.9. The maximum atomic E-state index is 14.1. The van der Waals surface area contributed by atoms with Crippen LogP contribution < -0.4 is 15.2 Å². The number of anilines is 1. The van der Waals surface area contributed by atoms with E-state index in [0.717, 1.165) is 28.0 Å². The third-order valence-corrected chi connectivity index (χ3v) is 8.86. The normalized spacial score (nSPS) is 16.5. The molecule has 0 unspecified atom stereocenters. The molecule has 2 aliphatic heterocycles. The van der Waals surface area contributed by atoms with Gasteiger partial charge in [0, 0.05) is 53.7 Å². The van der Waals surface area contributed by atoms with E-state index in [1.54, 1.807) is 11.0 Å². The van der Waals surface area contributed by atoms with Crippen molar-refractivity contribution in [3.63, 3.8) is 0 Å². The molecule has 1 aromatic carbocycles. The molecule has 0 radical (unpaired) electrons. The Balaban J connectivity index is 1.41. The van der Waals surface area contributed by atoms with E-state index in [-0.39, 0.29) is 37.7 Å². The van der Waals surface area contributed by atoms with Crippen molar-refractivity contribution in [3.05, 3.63) is 51.4 Å². The van der Waals surface area contributed by atoms with Crippen molar-refractivity contribution in [2.75, 3.05) is 24.6 Å². The Bertz CT molecular complexity index is 1330. The van der Waals surface area contributed by atoms with Crippen LogP contribution in [0.5, 0.6) is 5.75 Å². The number of carbonyl (C=O) groups is 1. The maximum Gasteiger partial charge on any atom is 0.423 e. The third kappa shape index (κ3) is 8.27. The largest absolute Gasteiger partial charge is 0.490 e. The summed E-state index contributed by atoms with van der Waals surface area (Å²) in [6.07, 6.45) is -2.91. The number of ether oxygens (including phenoxy) is 3. The fourth-order valence-electron chi connectivity index (χ4n) is 4.90. The first-order chi connectivity index (χ1) is 19.5. The van der Waals surface area contributed by atoms with E-state index in [1.165, 1.54) is 4.90 Å². The zero-order valence-corrected chi connectivity index (χ0v) is 26.2. The Kier molecular flexibility index (Phi) is 9.31. The zero-order valence-electron chi connectivity index (χ0n) is 25.2. The van der Waals surface area contributed by atoms with Gasteiger partial charge in [-0.3, -0.25) is 4.79 Å². The summed E-state index contributed by atoms with van der Waals surface area (Å²) < 4.78 is 60.3. The number of nitrogens with zero attached hydrogens (tertiary/aromatic N) is 4. The second-order valence-corrected chi connectivity index (χ2v) is 18.7. The molecule has 0 N–H and O–H groups in total. The minimum atomic E-state index is -4.85. The fraction of sp³-hybridized carbons (Fsp3) is 0.621. The van der Waals surface area contributed by atoms with Crippen LogP contribution in [-0.2, 0) is 35.5 Å². The number of rotatable bonds is 8. The van der Waals surface area contributed by atoms with Crippen molar-refractivity contribution in [1.82, 2.24) is 14.7 Å². The molecule has 0 bridgehead atoms. The van der Waals surface area contributed by atoms with Crippen LogP contribution in [0.1, 0.15) is 50.3 Å². The summed E-state index contributed by atoms with van der Waals surface area (Å²) in [5.74, 6) is 0.617. The number of alkyl halides is 3. The minimum Gasteiger partial charge on any atom is -0.490 e. The molecule has 1 saturated heterocycles. The van der Waals surface area contributed by atoms with Gasteiger partial charge in [-0.1, -0.05) is 25.7 Å². The molecular weight excluding hydrogens is 569 g/mol. The van der Waals surface area contributed by atoms with Crippen LogP contribution in [0.25, 0.3) is 0 Å². The van der Waals surface area contributed by atoms with E-state index >= 15 is 0 Å². The summed E-state index contributed by atoms with van der Waals surface area (Å²) in [5.41, 5.74) is -1.59. The molecule has 9 nitrogen and oxygen atoms in total. The number of aromatic nitrogens is 2. The predicted molar refractivity (Wildman–Crippen MR) is 155 cm³/mol. The summed E-state index contributed by atoms with van der Waals surface area (Å²) in [4.78, 5) is 28.4. The highest BCUT2D eigenvalue weighted by molar-refractivity contribution is 6.76. The highest BCUT2D eigenvalue weighted by atomic mass is 28.3. The van der Waals surface area contributed by atoms with Gasteiger partial charge in [0.1, 0.15) is 29.7 Å². The van der Waals surface area contributed by atoms with Crippen molar-refractivity contribution >= 4 is 19.9 Å². The topological polar surface area (TPSA) is 86.1 Å². The number of amides is 1. The number of carbonyl (C=O) groups excluding carboxylic acids is 1. The molecule has 232 valence electrons. The number of benzene rings is 1. The summed E-state index contributed by atoms with van der Waals surface area (Å²) >= 11 is 0. The number of fused-ring (bicyclic) bond motifs is 1. The van der Waals surface area contributed by atoms with E-state index in [1.807, 2.05) is 32.9 Å². The van der Waals surface area contributed by atoms with Crippen molar-refractivity contribution in [3.8, 4) is 5.75 Å². The number of halogens is 3. The molecule has 0 aliphatic carbocycles. The van der Waals surface area contributed by atoms with E-state index in [4.69, 9.17) is 14.2 Å². The summed E-state index contributed by atoms with van der Waals surface area (Å²) in [6, 6.07) is 6.31. The van der Waals surface area contributed by atoms with Crippen LogP contribution in [0.3, 0.4) is 0 Å². The van der Waals surface area contributed by atoms with Crippen LogP contribution >= 0.6 is 0 Å². The lowest BCUT2D eigenvalue weighted by molar-refractivity contribution is -0.138. The molecule has 1 aromatic heterocycles. The van der Waals surface area contributed by atoms with Crippen molar-refractivity contribution in [1.29, 1.82) is 0 Å². The van der Waals surface area contributed by atoms with Crippen LogP contribution in [0.2, 0.25) is 25.7 Å². The number of likely N-dealkylation sites (tertiary alicyclic amines) is 1. The van der Waals surface area contributed by atoms with Gasteiger partial charge in [-0.25, -0.2) is 9.48 Å². The Hall–Kier alpha value is -3.06. The molecule has 4 rings (SSSR count). The molecule has 42 heavy (non-hydrogen) atoms. The molecule has 1 amide bonds. The molecule has 1 fully saturated rings. The second-order valence-electron chi connectivity index (χ2n) is 13.1. The molecule has 2 aromatic rings. The monoisotopic (exact) mass is 610 g/mol. The first-order valence-corrected chi connectivity index (χ1v) is 18.0. The summed E-state index contributed by atoms with van der Waals surface area (Å²) in [5, 5.41) is 4.01. The van der Waals surface area contributed by atoms with Gasteiger partial charge >= 0.3 is 12.3 Å². The average molecular weight is 611 g/mol. The Morgan fingerprint density at radius 1 is 1.07 bits per heavy atom. The molecule has 2 aliphatic rings. The Morgan fingerprint density at radius 3 is 2.36 bits per heavy atom. The summed E-state index contributed by atoms with van der Waals surface area (Å²) in [7, 11) is -1.39. The van der Waals surface area contributed by atoms with Gasteiger partial charge in [0.15, 0.2) is 0 Å². The van der Waals surface area contributed by atoms with Crippen molar-refractivity contribution in [2.45, 2.75) is 97.0 Å². The molecule has 0 atom stereocenters. The van der Waals surface area contributed by atoms with Crippen molar-refractivity contribution in [2.24, 2.45) is 0 Å². The van der Waals surface area contributed by atoms with Crippen LogP contribution in [0.15, 0.2) is 29.2 Å². The van der Waals surface area contributed by atoms with Crippen LogP contribution in [-0.4, -0.2) is 60.2 Å². The summed E-state index contributed by atoms with van der Waals surface area (Å²) in [6.45, 7) is 13.4. The average Bonchev–Trinajstić information content (AvgIpc) is 3.28. The van der Waals surface area contributed by atoms with E-state index < -0.39 is 31.0 Å².